The average molecular weight is 401 g/mol. The normalized spacial score (nSPS) is 13.8. The third-order valence-electron chi connectivity index (χ3n) is 5.24. The highest BCUT2D eigenvalue weighted by atomic mass is 32.2. The lowest BCUT2D eigenvalue weighted by Gasteiger charge is -2.16. The van der Waals surface area contributed by atoms with Crippen LogP contribution in [0.2, 0.25) is 0 Å². The molecule has 2 N–H and O–H groups in total. The maximum Gasteiger partial charge on any atom is 0.240 e. The van der Waals surface area contributed by atoms with Crippen molar-refractivity contribution < 1.29 is 13.2 Å². The largest absolute Gasteiger partial charge is 0.352 e. The lowest BCUT2D eigenvalue weighted by Crippen LogP contribution is -2.27. The molecule has 0 bridgehead atoms. The van der Waals surface area contributed by atoms with Crippen molar-refractivity contribution in [1.29, 1.82) is 0 Å². The van der Waals surface area contributed by atoms with Gasteiger partial charge in [-0.15, -0.1) is 0 Å². The van der Waals surface area contributed by atoms with Gasteiger partial charge in [0.2, 0.25) is 15.9 Å². The van der Waals surface area contributed by atoms with Crippen LogP contribution in [-0.4, -0.2) is 20.9 Å². The third-order valence-corrected chi connectivity index (χ3v) is 6.70. The maximum atomic E-state index is 12.5. The van der Waals surface area contributed by atoms with E-state index in [-0.39, 0.29) is 12.5 Å². The molecule has 2 aromatic carbocycles. The van der Waals surface area contributed by atoms with Crippen LogP contribution in [0.1, 0.15) is 47.9 Å². The number of hydrogen-bond acceptors (Lipinski definition) is 3. The minimum absolute atomic E-state index is 0.0729. The summed E-state index contributed by atoms with van der Waals surface area (Å²) in [4.78, 5) is 12.3. The number of nitrogens with one attached hydrogen (secondary N) is 2. The van der Waals surface area contributed by atoms with E-state index in [1.807, 2.05) is 37.3 Å². The monoisotopic (exact) mass is 400 g/mol. The second kappa shape index (κ2) is 9.34. The summed E-state index contributed by atoms with van der Waals surface area (Å²) in [6.07, 6.45) is 5.01. The van der Waals surface area contributed by atoms with Gasteiger partial charge in [0.15, 0.2) is 0 Å². The highest BCUT2D eigenvalue weighted by Gasteiger charge is 2.17. The number of benzene rings is 2. The van der Waals surface area contributed by atoms with Crippen LogP contribution in [0.3, 0.4) is 0 Å². The zero-order valence-corrected chi connectivity index (χ0v) is 17.1. The Morgan fingerprint density at radius 1 is 1.04 bits per heavy atom. The molecule has 0 aliphatic heterocycles. The summed E-state index contributed by atoms with van der Waals surface area (Å²) in [5.74, 6) is -0.0729. The molecule has 0 aromatic heterocycles. The van der Waals surface area contributed by atoms with Gasteiger partial charge in [-0.1, -0.05) is 30.3 Å². The topological polar surface area (TPSA) is 75.3 Å². The Bertz CT molecular complexity index is 939. The molecule has 1 aliphatic rings. The molecule has 3 rings (SSSR count). The minimum atomic E-state index is -3.53. The van der Waals surface area contributed by atoms with Gasteiger partial charge in [0.05, 0.1) is 4.90 Å². The van der Waals surface area contributed by atoms with Crippen molar-refractivity contribution >= 4 is 15.9 Å². The SMILES string of the molecule is Cc1ccccc1CNC(=O)CCCNS(=O)(=O)c1ccc2c(c1)CCCC2. The summed E-state index contributed by atoms with van der Waals surface area (Å²) in [5.41, 5.74) is 4.63. The van der Waals surface area contributed by atoms with Crippen LogP contribution in [-0.2, 0) is 34.2 Å². The van der Waals surface area contributed by atoms with Crippen LogP contribution in [0.5, 0.6) is 0 Å². The minimum Gasteiger partial charge on any atom is -0.352 e. The molecule has 0 fully saturated rings. The van der Waals surface area contributed by atoms with E-state index in [0.29, 0.717) is 24.3 Å². The lowest BCUT2D eigenvalue weighted by molar-refractivity contribution is -0.121. The maximum absolute atomic E-state index is 12.5. The van der Waals surface area contributed by atoms with Crippen molar-refractivity contribution in [1.82, 2.24) is 10.0 Å². The molecular weight excluding hydrogens is 372 g/mol. The molecule has 0 saturated carbocycles. The molecule has 0 radical (unpaired) electrons. The molecule has 5 nitrogen and oxygen atoms in total. The fourth-order valence-corrected chi connectivity index (χ4v) is 4.63. The number of aryl methyl sites for hydroxylation is 3. The molecule has 150 valence electrons. The van der Waals surface area contributed by atoms with E-state index < -0.39 is 10.0 Å². The van der Waals surface area contributed by atoms with Crippen molar-refractivity contribution in [3.05, 3.63) is 64.7 Å². The first-order valence-corrected chi connectivity index (χ1v) is 11.4. The Balaban J connectivity index is 1.44. The second-order valence-electron chi connectivity index (χ2n) is 7.34. The first-order chi connectivity index (χ1) is 13.5. The number of amides is 1. The fourth-order valence-electron chi connectivity index (χ4n) is 3.51. The summed E-state index contributed by atoms with van der Waals surface area (Å²) in [6, 6.07) is 13.3. The van der Waals surface area contributed by atoms with Gasteiger partial charge in [0.1, 0.15) is 0 Å². The highest BCUT2D eigenvalue weighted by Crippen LogP contribution is 2.24. The number of carbonyl (C=O) groups excluding carboxylic acids is 1. The molecule has 0 heterocycles. The average Bonchev–Trinajstić information content (AvgIpc) is 2.70. The summed E-state index contributed by atoms with van der Waals surface area (Å²) in [7, 11) is -3.53. The summed E-state index contributed by atoms with van der Waals surface area (Å²) >= 11 is 0. The van der Waals surface area contributed by atoms with Gasteiger partial charge in [-0.25, -0.2) is 13.1 Å². The van der Waals surface area contributed by atoms with Crippen molar-refractivity contribution in [2.75, 3.05) is 6.54 Å². The van der Waals surface area contributed by atoms with Crippen LogP contribution in [0.4, 0.5) is 0 Å². The van der Waals surface area contributed by atoms with Crippen LogP contribution >= 0.6 is 0 Å². The quantitative estimate of drug-likeness (QED) is 0.668. The third kappa shape index (κ3) is 5.42. The van der Waals surface area contributed by atoms with Crippen LogP contribution < -0.4 is 10.0 Å². The molecule has 1 aliphatic carbocycles. The lowest BCUT2D eigenvalue weighted by atomic mass is 9.92. The Kier molecular flexibility index (Phi) is 6.86. The number of fused-ring (bicyclic) bond motifs is 1. The van der Waals surface area contributed by atoms with Gasteiger partial charge < -0.3 is 5.32 Å². The van der Waals surface area contributed by atoms with Crippen molar-refractivity contribution in [2.24, 2.45) is 0 Å². The smallest absolute Gasteiger partial charge is 0.240 e. The summed E-state index contributed by atoms with van der Waals surface area (Å²) in [6.45, 7) is 2.75. The van der Waals surface area contributed by atoms with E-state index >= 15 is 0 Å². The first kappa shape index (κ1) is 20.6. The van der Waals surface area contributed by atoms with Gasteiger partial charge in [0, 0.05) is 19.5 Å². The van der Waals surface area contributed by atoms with Crippen LogP contribution in [0, 0.1) is 6.92 Å². The van der Waals surface area contributed by atoms with Gasteiger partial charge in [0.25, 0.3) is 0 Å². The zero-order valence-electron chi connectivity index (χ0n) is 16.3. The molecule has 0 saturated heterocycles. The van der Waals surface area contributed by atoms with Crippen molar-refractivity contribution in [3.63, 3.8) is 0 Å². The summed E-state index contributed by atoms with van der Waals surface area (Å²) in [5, 5.41) is 2.89. The molecule has 0 atom stereocenters. The first-order valence-electron chi connectivity index (χ1n) is 9.88. The number of hydrogen-bond donors (Lipinski definition) is 2. The van der Waals surface area contributed by atoms with E-state index in [1.54, 1.807) is 12.1 Å². The van der Waals surface area contributed by atoms with E-state index in [9.17, 15) is 13.2 Å². The van der Waals surface area contributed by atoms with E-state index in [1.165, 1.54) is 12.0 Å². The Morgan fingerprint density at radius 2 is 1.79 bits per heavy atom. The highest BCUT2D eigenvalue weighted by molar-refractivity contribution is 7.89. The van der Waals surface area contributed by atoms with Gasteiger partial charge in [-0.2, -0.15) is 0 Å². The van der Waals surface area contributed by atoms with E-state index in [4.69, 9.17) is 0 Å². The van der Waals surface area contributed by atoms with Crippen molar-refractivity contribution in [2.45, 2.75) is 56.9 Å². The second-order valence-corrected chi connectivity index (χ2v) is 9.11. The molecule has 0 unspecified atom stereocenters. The molecule has 1 amide bonds. The predicted octanol–water partition coefficient (Wildman–Crippen LogP) is 3.25. The van der Waals surface area contributed by atoms with Crippen molar-refractivity contribution in [3.8, 4) is 0 Å². The van der Waals surface area contributed by atoms with E-state index in [2.05, 4.69) is 10.0 Å². The molecular formula is C22H28N2O3S. The van der Waals surface area contributed by atoms with Crippen LogP contribution in [0.15, 0.2) is 47.4 Å². The Labute approximate surface area is 167 Å². The predicted molar refractivity (Wildman–Crippen MR) is 111 cm³/mol. The number of carbonyl (C=O) groups is 1. The van der Waals surface area contributed by atoms with Crippen LogP contribution in [0.25, 0.3) is 0 Å². The standard InChI is InChI=1S/C22H28N2O3S/c1-17-7-2-3-10-20(17)16-23-22(25)11-6-14-24-28(26,27)21-13-12-18-8-4-5-9-19(18)15-21/h2-3,7,10,12-13,15,24H,4-6,8-9,11,14,16H2,1H3,(H,23,25). The number of rotatable bonds is 8. The Morgan fingerprint density at radius 3 is 2.57 bits per heavy atom. The molecule has 6 heteroatoms. The summed E-state index contributed by atoms with van der Waals surface area (Å²) < 4.78 is 27.6. The number of sulfonamides is 1. The molecule has 2 aromatic rings. The van der Waals surface area contributed by atoms with Gasteiger partial charge in [-0.3, -0.25) is 4.79 Å². The Hall–Kier alpha value is -2.18. The zero-order chi connectivity index (χ0) is 20.0. The van der Waals surface area contributed by atoms with E-state index in [0.717, 1.165) is 36.0 Å². The molecule has 0 spiro atoms. The van der Waals surface area contributed by atoms with Gasteiger partial charge in [-0.05, 0) is 73.4 Å². The fraction of sp³-hybridized carbons (Fsp3) is 0.409. The van der Waals surface area contributed by atoms with Gasteiger partial charge >= 0.3 is 0 Å². The molecule has 28 heavy (non-hydrogen) atoms.